The average Bonchev–Trinajstić information content (AvgIpc) is 2.82. The van der Waals surface area contributed by atoms with E-state index in [2.05, 4.69) is 15.9 Å². The first-order chi connectivity index (χ1) is 17.5. The van der Waals surface area contributed by atoms with Crippen molar-refractivity contribution in [3.63, 3.8) is 0 Å². The summed E-state index contributed by atoms with van der Waals surface area (Å²) in [4.78, 5) is 38.6. The number of hydrogen-bond acceptors (Lipinski definition) is 4. The van der Waals surface area contributed by atoms with Gasteiger partial charge in [0.25, 0.3) is 11.8 Å². The molecule has 6 nitrogen and oxygen atoms in total. The van der Waals surface area contributed by atoms with Crippen LogP contribution in [0.5, 0.6) is 5.75 Å². The number of barbiturate groups is 1. The third-order valence-corrected chi connectivity index (χ3v) is 6.04. The molecule has 0 aromatic heterocycles. The van der Waals surface area contributed by atoms with E-state index < -0.39 is 46.7 Å². The number of nitrogens with one attached hydrogen (secondary N) is 1. The number of nitrogens with zero attached hydrogens (tertiary/aromatic N) is 1. The minimum Gasteiger partial charge on any atom is -0.488 e. The predicted octanol–water partition coefficient (Wildman–Crippen LogP) is 6.51. The van der Waals surface area contributed by atoms with Crippen LogP contribution >= 0.6 is 27.5 Å². The molecule has 37 heavy (non-hydrogen) atoms. The Morgan fingerprint density at radius 3 is 2.46 bits per heavy atom. The van der Waals surface area contributed by atoms with E-state index in [1.165, 1.54) is 30.3 Å². The van der Waals surface area contributed by atoms with Gasteiger partial charge in [-0.05, 0) is 48.5 Å². The Labute approximate surface area is 220 Å². The van der Waals surface area contributed by atoms with Crippen molar-refractivity contribution in [1.82, 2.24) is 5.32 Å². The Hall–Kier alpha value is -3.70. The predicted molar refractivity (Wildman–Crippen MR) is 130 cm³/mol. The molecule has 1 fully saturated rings. The van der Waals surface area contributed by atoms with E-state index in [0.29, 0.717) is 21.5 Å². The molecule has 0 unspecified atom stereocenters. The number of ether oxygens (including phenoxy) is 1. The molecule has 1 aliphatic rings. The van der Waals surface area contributed by atoms with Crippen LogP contribution in [0.15, 0.2) is 70.7 Å². The van der Waals surface area contributed by atoms with Crippen LogP contribution < -0.4 is 15.0 Å². The minimum atomic E-state index is -4.77. The lowest BCUT2D eigenvalue weighted by molar-refractivity contribution is -0.137. The summed E-state index contributed by atoms with van der Waals surface area (Å²) in [7, 11) is 0. The van der Waals surface area contributed by atoms with Crippen LogP contribution in [0.1, 0.15) is 16.7 Å². The summed E-state index contributed by atoms with van der Waals surface area (Å²) in [5, 5.41) is 1.61. The van der Waals surface area contributed by atoms with Crippen molar-refractivity contribution in [1.29, 1.82) is 0 Å². The highest BCUT2D eigenvalue weighted by atomic mass is 79.9. The van der Waals surface area contributed by atoms with Gasteiger partial charge in [-0.25, -0.2) is 14.1 Å². The second-order valence-corrected chi connectivity index (χ2v) is 9.01. The smallest absolute Gasteiger partial charge is 0.416 e. The topological polar surface area (TPSA) is 75.7 Å². The summed E-state index contributed by atoms with van der Waals surface area (Å²) in [5.74, 6) is -2.60. The van der Waals surface area contributed by atoms with Crippen molar-refractivity contribution in [2.24, 2.45) is 0 Å². The zero-order valence-corrected chi connectivity index (χ0v) is 20.7. The van der Waals surface area contributed by atoms with Crippen molar-refractivity contribution in [2.75, 3.05) is 4.90 Å². The molecule has 12 heteroatoms. The van der Waals surface area contributed by atoms with E-state index >= 15 is 0 Å². The van der Waals surface area contributed by atoms with E-state index in [1.807, 2.05) is 5.32 Å². The normalized spacial score (nSPS) is 15.2. The maximum atomic E-state index is 14.0. The molecule has 1 saturated heterocycles. The van der Waals surface area contributed by atoms with Gasteiger partial charge in [-0.1, -0.05) is 45.7 Å². The summed E-state index contributed by atoms with van der Waals surface area (Å²) in [6.45, 7) is -0.172. The van der Waals surface area contributed by atoms with Gasteiger partial charge in [0.05, 0.1) is 16.3 Å². The number of anilines is 1. The van der Waals surface area contributed by atoms with Gasteiger partial charge in [0.15, 0.2) is 0 Å². The summed E-state index contributed by atoms with van der Waals surface area (Å²) in [6, 6.07) is 11.4. The average molecular weight is 598 g/mol. The largest absolute Gasteiger partial charge is 0.488 e. The van der Waals surface area contributed by atoms with Crippen molar-refractivity contribution >= 4 is 57.1 Å². The van der Waals surface area contributed by atoms with E-state index in [4.69, 9.17) is 16.3 Å². The van der Waals surface area contributed by atoms with Crippen LogP contribution in [0.3, 0.4) is 0 Å². The van der Waals surface area contributed by atoms with Crippen LogP contribution in [0.4, 0.5) is 28.0 Å². The number of rotatable bonds is 5. The number of carbonyl (C=O) groups is 3. The van der Waals surface area contributed by atoms with E-state index in [1.54, 1.807) is 12.1 Å². The second kappa shape index (κ2) is 10.3. The number of benzene rings is 3. The van der Waals surface area contributed by atoms with Crippen LogP contribution in [0.2, 0.25) is 5.02 Å². The zero-order valence-electron chi connectivity index (χ0n) is 18.4. The fourth-order valence-corrected chi connectivity index (χ4v) is 4.01. The van der Waals surface area contributed by atoms with Gasteiger partial charge >= 0.3 is 12.2 Å². The first-order valence-electron chi connectivity index (χ1n) is 10.4. The second-order valence-electron chi connectivity index (χ2n) is 7.68. The Kier molecular flexibility index (Phi) is 7.37. The Morgan fingerprint density at radius 1 is 1.03 bits per heavy atom. The standard InChI is InChI=1S/C25H14BrClF4N2O4/c26-16-6-8-21(37-12-13-3-1-2-4-19(13)28)14(9-16)10-17-22(34)32-24(36)33(23(17)35)20-11-15(25(29,30)31)5-7-18(20)27/h1-11H,12H2,(H,32,34,36)/b17-10-. The van der Waals surface area contributed by atoms with E-state index in [9.17, 15) is 31.9 Å². The van der Waals surface area contributed by atoms with Crippen molar-refractivity contribution in [3.05, 3.63) is 98.2 Å². The van der Waals surface area contributed by atoms with Crippen LogP contribution in [0.25, 0.3) is 6.08 Å². The van der Waals surface area contributed by atoms with Crippen LogP contribution in [-0.2, 0) is 22.4 Å². The Balaban J connectivity index is 1.72. The molecule has 0 saturated carbocycles. The molecule has 1 heterocycles. The van der Waals surface area contributed by atoms with Gasteiger partial charge < -0.3 is 4.74 Å². The summed E-state index contributed by atoms with van der Waals surface area (Å²) in [6.07, 6.45) is -3.66. The fraction of sp³-hybridized carbons (Fsp3) is 0.0800. The number of hydrogen-bond donors (Lipinski definition) is 1. The van der Waals surface area contributed by atoms with Crippen LogP contribution in [0, 0.1) is 5.82 Å². The number of amides is 4. The molecule has 190 valence electrons. The Morgan fingerprint density at radius 2 is 1.76 bits per heavy atom. The maximum absolute atomic E-state index is 14.0. The third kappa shape index (κ3) is 5.67. The molecule has 0 spiro atoms. The van der Waals surface area contributed by atoms with Crippen LogP contribution in [-0.4, -0.2) is 17.8 Å². The maximum Gasteiger partial charge on any atom is 0.416 e. The molecule has 3 aromatic rings. The third-order valence-electron chi connectivity index (χ3n) is 5.23. The molecule has 0 atom stereocenters. The van der Waals surface area contributed by atoms with Crippen molar-refractivity contribution < 1.29 is 36.7 Å². The molecule has 0 bridgehead atoms. The molecule has 4 rings (SSSR count). The van der Waals surface area contributed by atoms with Gasteiger partial charge in [-0.3, -0.25) is 14.9 Å². The summed E-state index contributed by atoms with van der Waals surface area (Å²) in [5.41, 5.74) is -1.81. The molecule has 4 amide bonds. The van der Waals surface area contributed by atoms with Gasteiger partial charge in [0.1, 0.15) is 23.7 Å². The van der Waals surface area contributed by atoms with E-state index in [0.717, 1.165) is 12.1 Å². The quantitative estimate of drug-likeness (QED) is 0.207. The molecule has 1 N–H and O–H groups in total. The van der Waals surface area contributed by atoms with Gasteiger partial charge in [-0.15, -0.1) is 0 Å². The highest BCUT2D eigenvalue weighted by Crippen LogP contribution is 2.37. The number of carbonyl (C=O) groups excluding carboxylic acids is 3. The molecular formula is C25H14BrClF4N2O4. The molecule has 1 aliphatic heterocycles. The molecule has 0 radical (unpaired) electrons. The Bertz CT molecular complexity index is 1460. The van der Waals surface area contributed by atoms with E-state index in [-0.39, 0.29) is 28.5 Å². The first kappa shape index (κ1) is 26.4. The zero-order chi connectivity index (χ0) is 26.9. The molecular weight excluding hydrogens is 584 g/mol. The van der Waals surface area contributed by atoms with Gasteiger partial charge in [-0.2, -0.15) is 13.2 Å². The summed E-state index contributed by atoms with van der Waals surface area (Å²) >= 11 is 9.28. The first-order valence-corrected chi connectivity index (χ1v) is 11.6. The lowest BCUT2D eigenvalue weighted by Crippen LogP contribution is -2.54. The molecule has 0 aliphatic carbocycles. The monoisotopic (exact) mass is 596 g/mol. The SMILES string of the molecule is O=C1NC(=O)N(c2cc(C(F)(F)F)ccc2Cl)C(=O)/C1=C\c1cc(Br)ccc1OCc1ccccc1F. The van der Waals surface area contributed by atoms with Crippen molar-refractivity contribution in [2.45, 2.75) is 12.8 Å². The number of imide groups is 2. The summed E-state index contributed by atoms with van der Waals surface area (Å²) < 4.78 is 59.9. The van der Waals surface area contributed by atoms with Gasteiger partial charge in [0, 0.05) is 15.6 Å². The highest BCUT2D eigenvalue weighted by molar-refractivity contribution is 9.10. The number of urea groups is 1. The lowest BCUT2D eigenvalue weighted by atomic mass is 10.1. The minimum absolute atomic E-state index is 0.167. The van der Waals surface area contributed by atoms with Gasteiger partial charge in [0.2, 0.25) is 0 Å². The fourth-order valence-electron chi connectivity index (χ4n) is 3.43. The number of alkyl halides is 3. The molecule has 3 aromatic carbocycles. The highest BCUT2D eigenvalue weighted by Gasteiger charge is 2.39. The number of halogens is 6. The lowest BCUT2D eigenvalue weighted by Gasteiger charge is -2.27. The van der Waals surface area contributed by atoms with Crippen molar-refractivity contribution in [3.8, 4) is 5.75 Å².